The second-order valence-corrected chi connectivity index (χ2v) is 4.40. The number of pyridine rings is 1. The van der Waals surface area contributed by atoms with Gasteiger partial charge in [-0.15, -0.1) is 0 Å². The fourth-order valence-electron chi connectivity index (χ4n) is 1.78. The number of hydrogen-bond donors (Lipinski definition) is 0. The number of aryl methyl sites for hydroxylation is 2. The molecule has 0 atom stereocenters. The number of fused-ring (bicyclic) bond motifs is 1. The average Bonchev–Trinajstić information content (AvgIpc) is 2.72. The normalized spacial score (nSPS) is 11.1. The average molecular weight is 260 g/mol. The second-order valence-electron chi connectivity index (χ2n) is 4.05. The van der Waals surface area contributed by atoms with E-state index in [0.717, 1.165) is 16.8 Å². The van der Waals surface area contributed by atoms with Crippen LogP contribution in [0.2, 0.25) is 5.15 Å². The second kappa shape index (κ2) is 4.03. The van der Waals surface area contributed by atoms with E-state index in [1.54, 1.807) is 24.0 Å². The fraction of sp³-hybridized carbons (Fsp3) is 0.167. The maximum absolute atomic E-state index is 6.07. The summed E-state index contributed by atoms with van der Waals surface area (Å²) in [5.41, 5.74) is 1.78. The quantitative estimate of drug-likeness (QED) is 0.630. The van der Waals surface area contributed by atoms with E-state index in [2.05, 4.69) is 20.1 Å². The van der Waals surface area contributed by atoms with Gasteiger partial charge in [-0.3, -0.25) is 0 Å². The van der Waals surface area contributed by atoms with Crippen LogP contribution in [0.5, 0.6) is 0 Å². The topological polar surface area (TPSA) is 56.5 Å². The van der Waals surface area contributed by atoms with E-state index in [4.69, 9.17) is 11.6 Å². The van der Waals surface area contributed by atoms with Crippen molar-refractivity contribution in [2.45, 2.75) is 13.8 Å². The Morgan fingerprint density at radius 1 is 1.22 bits per heavy atom. The first-order valence-corrected chi connectivity index (χ1v) is 5.84. The minimum absolute atomic E-state index is 0.413. The molecule has 0 aliphatic carbocycles. The van der Waals surface area contributed by atoms with Crippen LogP contribution in [0, 0.1) is 13.8 Å². The van der Waals surface area contributed by atoms with Crippen molar-refractivity contribution in [3.8, 4) is 5.82 Å². The van der Waals surface area contributed by atoms with Crippen molar-refractivity contribution in [1.29, 1.82) is 0 Å². The predicted molar refractivity (Wildman–Crippen MR) is 68.9 cm³/mol. The molecule has 0 spiro atoms. The van der Waals surface area contributed by atoms with Gasteiger partial charge in [0.25, 0.3) is 0 Å². The largest absolute Gasteiger partial charge is 0.237 e. The zero-order valence-corrected chi connectivity index (χ0v) is 10.7. The summed E-state index contributed by atoms with van der Waals surface area (Å²) in [5, 5.41) is 5.42. The van der Waals surface area contributed by atoms with Crippen LogP contribution < -0.4 is 0 Å². The highest BCUT2D eigenvalue weighted by Gasteiger charge is 2.11. The van der Waals surface area contributed by atoms with E-state index in [0.29, 0.717) is 16.6 Å². The highest BCUT2D eigenvalue weighted by atomic mass is 35.5. The van der Waals surface area contributed by atoms with E-state index in [1.807, 2.05) is 19.1 Å². The molecule has 0 bridgehead atoms. The van der Waals surface area contributed by atoms with Crippen molar-refractivity contribution >= 4 is 22.6 Å². The molecule has 0 amide bonds. The van der Waals surface area contributed by atoms with E-state index < -0.39 is 0 Å². The third-order valence-electron chi connectivity index (χ3n) is 2.61. The van der Waals surface area contributed by atoms with Crippen molar-refractivity contribution in [1.82, 2.24) is 24.7 Å². The van der Waals surface area contributed by atoms with Gasteiger partial charge in [0.15, 0.2) is 11.5 Å². The molecule has 0 saturated heterocycles. The van der Waals surface area contributed by atoms with Gasteiger partial charge in [-0.05, 0) is 31.5 Å². The van der Waals surface area contributed by atoms with Crippen molar-refractivity contribution in [2.24, 2.45) is 0 Å². The van der Waals surface area contributed by atoms with Gasteiger partial charge in [0.2, 0.25) is 0 Å². The Hall–Kier alpha value is -2.01. The van der Waals surface area contributed by atoms with Gasteiger partial charge in [-0.1, -0.05) is 11.6 Å². The molecular formula is C12H10ClN5. The minimum Gasteiger partial charge on any atom is -0.237 e. The number of hydrogen-bond acceptors (Lipinski definition) is 4. The molecule has 6 heteroatoms. The summed E-state index contributed by atoms with van der Waals surface area (Å²) in [7, 11) is 0. The summed E-state index contributed by atoms with van der Waals surface area (Å²) in [6.07, 6.45) is 3.40. The maximum atomic E-state index is 6.07. The molecule has 18 heavy (non-hydrogen) atoms. The standard InChI is InChI=1S/C12H10ClN5/c1-7-3-4-14-10(5-7)18-12-9(6-15-18)11(13)16-8(2)17-12/h3-6H,1-2H3. The van der Waals surface area contributed by atoms with E-state index >= 15 is 0 Å². The zero-order valence-electron chi connectivity index (χ0n) is 9.92. The fourth-order valence-corrected chi connectivity index (χ4v) is 2.03. The van der Waals surface area contributed by atoms with Crippen molar-refractivity contribution in [3.05, 3.63) is 41.1 Å². The summed E-state index contributed by atoms with van der Waals surface area (Å²) in [4.78, 5) is 12.8. The van der Waals surface area contributed by atoms with Crippen LogP contribution in [-0.2, 0) is 0 Å². The minimum atomic E-state index is 0.413. The summed E-state index contributed by atoms with van der Waals surface area (Å²) in [6.45, 7) is 3.80. The summed E-state index contributed by atoms with van der Waals surface area (Å²) in [6, 6.07) is 3.88. The Bertz CT molecular complexity index is 734. The van der Waals surface area contributed by atoms with Crippen LogP contribution in [0.15, 0.2) is 24.5 Å². The predicted octanol–water partition coefficient (Wildman–Crippen LogP) is 2.48. The maximum Gasteiger partial charge on any atom is 0.169 e. The molecule has 0 unspecified atom stereocenters. The number of nitrogens with zero attached hydrogens (tertiary/aromatic N) is 5. The molecule has 90 valence electrons. The molecule has 3 aromatic heterocycles. The lowest BCUT2D eigenvalue weighted by Crippen LogP contribution is -2.01. The number of halogens is 1. The lowest BCUT2D eigenvalue weighted by Gasteiger charge is -2.03. The Morgan fingerprint density at radius 2 is 2.06 bits per heavy atom. The summed E-state index contributed by atoms with van der Waals surface area (Å²) in [5.74, 6) is 1.33. The molecule has 3 heterocycles. The van der Waals surface area contributed by atoms with Crippen LogP contribution in [0.3, 0.4) is 0 Å². The lowest BCUT2D eigenvalue weighted by molar-refractivity contribution is 0.856. The van der Waals surface area contributed by atoms with Crippen LogP contribution >= 0.6 is 11.6 Å². The highest BCUT2D eigenvalue weighted by molar-refractivity contribution is 6.33. The Balaban J connectivity index is 2.30. The zero-order chi connectivity index (χ0) is 12.7. The molecule has 5 nitrogen and oxygen atoms in total. The van der Waals surface area contributed by atoms with Gasteiger partial charge >= 0.3 is 0 Å². The van der Waals surface area contributed by atoms with Crippen LogP contribution in [0.25, 0.3) is 16.9 Å². The molecule has 0 fully saturated rings. The molecule has 0 aliphatic heterocycles. The Morgan fingerprint density at radius 3 is 2.83 bits per heavy atom. The lowest BCUT2D eigenvalue weighted by atomic mass is 10.3. The Kier molecular flexibility index (Phi) is 2.48. The highest BCUT2D eigenvalue weighted by Crippen LogP contribution is 2.21. The monoisotopic (exact) mass is 259 g/mol. The molecule has 3 rings (SSSR count). The van der Waals surface area contributed by atoms with Gasteiger partial charge in [0.05, 0.1) is 11.6 Å². The van der Waals surface area contributed by atoms with Gasteiger partial charge in [0, 0.05) is 6.20 Å². The summed E-state index contributed by atoms with van der Waals surface area (Å²) >= 11 is 6.07. The molecule has 0 aromatic carbocycles. The SMILES string of the molecule is Cc1ccnc(-n2ncc3c(Cl)nc(C)nc32)c1. The van der Waals surface area contributed by atoms with Crippen molar-refractivity contribution in [2.75, 3.05) is 0 Å². The van der Waals surface area contributed by atoms with Gasteiger partial charge < -0.3 is 0 Å². The van der Waals surface area contributed by atoms with Crippen LogP contribution in [0.1, 0.15) is 11.4 Å². The van der Waals surface area contributed by atoms with E-state index in [9.17, 15) is 0 Å². The van der Waals surface area contributed by atoms with Crippen molar-refractivity contribution in [3.63, 3.8) is 0 Å². The first kappa shape index (κ1) is 11.1. The molecule has 0 radical (unpaired) electrons. The third-order valence-corrected chi connectivity index (χ3v) is 2.90. The number of aromatic nitrogens is 5. The van der Waals surface area contributed by atoms with Gasteiger partial charge in [-0.25, -0.2) is 15.0 Å². The third kappa shape index (κ3) is 1.73. The molecule has 0 saturated carbocycles. The van der Waals surface area contributed by atoms with Crippen LogP contribution in [-0.4, -0.2) is 24.7 Å². The molecular weight excluding hydrogens is 250 g/mol. The van der Waals surface area contributed by atoms with Gasteiger partial charge in [0.1, 0.15) is 11.0 Å². The smallest absolute Gasteiger partial charge is 0.169 e. The molecule has 0 aliphatic rings. The number of rotatable bonds is 1. The first-order chi connectivity index (χ1) is 8.65. The van der Waals surface area contributed by atoms with E-state index in [-0.39, 0.29) is 0 Å². The van der Waals surface area contributed by atoms with Crippen LogP contribution in [0.4, 0.5) is 0 Å². The molecule has 3 aromatic rings. The summed E-state index contributed by atoms with van der Waals surface area (Å²) < 4.78 is 1.67. The first-order valence-electron chi connectivity index (χ1n) is 5.46. The molecule has 0 N–H and O–H groups in total. The van der Waals surface area contributed by atoms with E-state index in [1.165, 1.54) is 0 Å². The van der Waals surface area contributed by atoms with Gasteiger partial charge in [-0.2, -0.15) is 9.78 Å². The Labute approximate surface area is 108 Å². The van der Waals surface area contributed by atoms with Crippen molar-refractivity contribution < 1.29 is 0 Å².